The number of rotatable bonds is 6. The predicted octanol–water partition coefficient (Wildman–Crippen LogP) is 5.45. The van der Waals surface area contributed by atoms with E-state index < -0.39 is 5.91 Å². The van der Waals surface area contributed by atoms with Gasteiger partial charge in [0.2, 0.25) is 0 Å². The largest absolute Gasteiger partial charge is 0.507 e. The third-order valence-electron chi connectivity index (χ3n) is 6.60. The van der Waals surface area contributed by atoms with Crippen LogP contribution < -0.4 is 10.2 Å². The molecule has 0 atom stereocenters. The highest BCUT2D eigenvalue weighted by molar-refractivity contribution is 5.96. The van der Waals surface area contributed by atoms with E-state index in [4.69, 9.17) is 4.74 Å². The molecule has 0 spiro atoms. The van der Waals surface area contributed by atoms with E-state index >= 15 is 0 Å². The minimum atomic E-state index is -0.391. The standard InChI is InChI=1S/C29H41N3O4/c1-28(2,3)22-15-20(16-23(26(22)34)29(4,5)6)27(35)31-30-17-21-13-19(14-24(36-7)25(21)33)18-32-11-9-8-10-12-32/h13-17,33-34H,8-12,18H2,1-7H3,(H,31,35). The number of carbonyl (C=O) groups is 1. The highest BCUT2D eigenvalue weighted by Crippen LogP contribution is 2.39. The number of hydrogen-bond acceptors (Lipinski definition) is 6. The SMILES string of the molecule is COc1cc(CN2CCCCC2)cc(C=NNC(=O)c2cc(C(C)(C)C)c(O)c(C(C)(C)C)c2)c1O. The van der Waals surface area contributed by atoms with Crippen molar-refractivity contribution in [2.24, 2.45) is 5.10 Å². The van der Waals surface area contributed by atoms with Crippen LogP contribution in [0.15, 0.2) is 29.4 Å². The summed E-state index contributed by atoms with van der Waals surface area (Å²) in [5, 5.41) is 25.7. The topological polar surface area (TPSA) is 94.4 Å². The molecule has 1 fully saturated rings. The average Bonchev–Trinajstić information content (AvgIpc) is 2.80. The maximum atomic E-state index is 13.0. The van der Waals surface area contributed by atoms with Crippen molar-refractivity contribution in [3.8, 4) is 17.2 Å². The second-order valence-corrected chi connectivity index (χ2v) is 11.7. The molecule has 0 aromatic heterocycles. The molecule has 196 valence electrons. The lowest BCUT2D eigenvalue weighted by Gasteiger charge is -2.28. The van der Waals surface area contributed by atoms with Gasteiger partial charge in [-0.25, -0.2) is 5.43 Å². The van der Waals surface area contributed by atoms with E-state index in [1.807, 2.05) is 53.7 Å². The lowest BCUT2D eigenvalue weighted by Crippen LogP contribution is -2.29. The van der Waals surface area contributed by atoms with Crippen LogP contribution in [0.1, 0.15) is 93.4 Å². The second-order valence-electron chi connectivity index (χ2n) is 11.7. The molecule has 1 aliphatic heterocycles. The van der Waals surface area contributed by atoms with Crippen LogP contribution >= 0.6 is 0 Å². The van der Waals surface area contributed by atoms with E-state index in [0.29, 0.717) is 28.0 Å². The molecule has 7 nitrogen and oxygen atoms in total. The number of carbonyl (C=O) groups excluding carboxylic acids is 1. The van der Waals surface area contributed by atoms with Crippen LogP contribution in [0, 0.1) is 0 Å². The quantitative estimate of drug-likeness (QED) is 0.366. The predicted molar refractivity (Wildman–Crippen MR) is 144 cm³/mol. The Kier molecular flexibility index (Phi) is 8.34. The molecule has 2 aromatic rings. The van der Waals surface area contributed by atoms with Crippen LogP contribution in [0.4, 0.5) is 0 Å². The summed E-state index contributed by atoms with van der Waals surface area (Å²) in [5.74, 6) is 0.184. The molecule has 1 saturated heterocycles. The van der Waals surface area contributed by atoms with Gasteiger partial charge in [-0.05, 0) is 66.6 Å². The Labute approximate surface area is 215 Å². The van der Waals surface area contributed by atoms with Gasteiger partial charge >= 0.3 is 0 Å². The molecule has 0 aliphatic carbocycles. The summed E-state index contributed by atoms with van der Waals surface area (Å²) in [4.78, 5) is 15.4. The van der Waals surface area contributed by atoms with Gasteiger partial charge in [-0.1, -0.05) is 48.0 Å². The van der Waals surface area contributed by atoms with E-state index in [-0.39, 0.29) is 22.3 Å². The number of nitrogens with one attached hydrogen (secondary N) is 1. The summed E-state index contributed by atoms with van der Waals surface area (Å²) in [7, 11) is 1.52. The number of ether oxygens (including phenoxy) is 1. The lowest BCUT2D eigenvalue weighted by atomic mass is 9.78. The maximum Gasteiger partial charge on any atom is 0.271 e. The van der Waals surface area contributed by atoms with Gasteiger partial charge < -0.3 is 14.9 Å². The van der Waals surface area contributed by atoms with Gasteiger partial charge in [0, 0.05) is 28.8 Å². The van der Waals surface area contributed by atoms with E-state index in [1.54, 1.807) is 12.1 Å². The van der Waals surface area contributed by atoms with Gasteiger partial charge in [0.05, 0.1) is 13.3 Å². The monoisotopic (exact) mass is 495 g/mol. The number of benzene rings is 2. The van der Waals surface area contributed by atoms with Gasteiger partial charge in [0.1, 0.15) is 5.75 Å². The Morgan fingerprint density at radius 1 is 0.972 bits per heavy atom. The number of phenols is 2. The first-order valence-electron chi connectivity index (χ1n) is 12.6. The molecule has 3 rings (SSSR count). The normalized spacial score (nSPS) is 15.3. The van der Waals surface area contributed by atoms with Crippen LogP contribution in [0.3, 0.4) is 0 Å². The van der Waals surface area contributed by atoms with Crippen molar-refractivity contribution in [1.82, 2.24) is 10.3 Å². The Morgan fingerprint density at radius 2 is 1.56 bits per heavy atom. The molecule has 0 unspecified atom stereocenters. The number of phenolic OH excluding ortho intramolecular Hbond substituents is 2. The third kappa shape index (κ3) is 6.58. The summed E-state index contributed by atoms with van der Waals surface area (Å²) < 4.78 is 5.37. The smallest absolute Gasteiger partial charge is 0.271 e. The fraction of sp³-hybridized carbons (Fsp3) is 0.517. The van der Waals surface area contributed by atoms with Gasteiger partial charge in [-0.2, -0.15) is 5.10 Å². The summed E-state index contributed by atoms with van der Waals surface area (Å²) in [6, 6.07) is 7.15. The van der Waals surface area contributed by atoms with Crippen molar-refractivity contribution in [3.63, 3.8) is 0 Å². The number of hydrazone groups is 1. The van der Waals surface area contributed by atoms with Crippen molar-refractivity contribution in [3.05, 3.63) is 52.1 Å². The molecule has 36 heavy (non-hydrogen) atoms. The van der Waals surface area contributed by atoms with Gasteiger partial charge in [0.15, 0.2) is 11.5 Å². The van der Waals surface area contributed by atoms with Crippen LogP contribution in [0.25, 0.3) is 0 Å². The van der Waals surface area contributed by atoms with E-state index in [9.17, 15) is 15.0 Å². The number of likely N-dealkylation sites (tertiary alicyclic amines) is 1. The number of methoxy groups -OCH3 is 1. The summed E-state index contributed by atoms with van der Waals surface area (Å²) >= 11 is 0. The van der Waals surface area contributed by atoms with Gasteiger partial charge in [-0.3, -0.25) is 9.69 Å². The first kappa shape index (κ1) is 27.5. The van der Waals surface area contributed by atoms with Crippen molar-refractivity contribution < 1.29 is 19.7 Å². The van der Waals surface area contributed by atoms with Crippen molar-refractivity contribution in [2.75, 3.05) is 20.2 Å². The number of hydrogen-bond donors (Lipinski definition) is 3. The summed E-state index contributed by atoms with van der Waals surface area (Å²) in [6.07, 6.45) is 5.09. The highest BCUT2D eigenvalue weighted by atomic mass is 16.5. The van der Waals surface area contributed by atoms with E-state index in [1.165, 1.54) is 32.6 Å². The first-order valence-corrected chi connectivity index (χ1v) is 12.6. The molecule has 0 saturated carbocycles. The van der Waals surface area contributed by atoms with Crippen molar-refractivity contribution in [1.29, 1.82) is 0 Å². The average molecular weight is 496 g/mol. The molecule has 1 amide bonds. The number of piperidine rings is 1. The maximum absolute atomic E-state index is 13.0. The first-order chi connectivity index (χ1) is 16.8. The Bertz CT molecular complexity index is 1090. The number of aromatic hydroxyl groups is 2. The third-order valence-corrected chi connectivity index (χ3v) is 6.60. The van der Waals surface area contributed by atoms with Gasteiger partial charge in [0.25, 0.3) is 5.91 Å². The molecule has 1 aliphatic rings. The van der Waals surface area contributed by atoms with Crippen LogP contribution in [0.5, 0.6) is 17.2 Å². The lowest BCUT2D eigenvalue weighted by molar-refractivity contribution is 0.0955. The minimum Gasteiger partial charge on any atom is -0.507 e. The number of amides is 1. The summed E-state index contributed by atoms with van der Waals surface area (Å²) in [5.41, 5.74) is 5.20. The Balaban J connectivity index is 1.85. The molecule has 3 N–H and O–H groups in total. The van der Waals surface area contributed by atoms with Gasteiger partial charge in [-0.15, -0.1) is 0 Å². The van der Waals surface area contributed by atoms with Crippen molar-refractivity contribution in [2.45, 2.75) is 78.2 Å². The fourth-order valence-corrected chi connectivity index (χ4v) is 4.54. The molecule has 1 heterocycles. The van der Waals surface area contributed by atoms with Crippen LogP contribution in [0.2, 0.25) is 0 Å². The minimum absolute atomic E-state index is 0.0208. The molecule has 0 radical (unpaired) electrons. The van der Waals surface area contributed by atoms with Crippen LogP contribution in [-0.2, 0) is 17.4 Å². The zero-order chi connectivity index (χ0) is 26.7. The zero-order valence-corrected chi connectivity index (χ0v) is 22.7. The zero-order valence-electron chi connectivity index (χ0n) is 22.7. The van der Waals surface area contributed by atoms with E-state index in [2.05, 4.69) is 15.4 Å². The Morgan fingerprint density at radius 3 is 2.08 bits per heavy atom. The molecule has 0 bridgehead atoms. The second kappa shape index (κ2) is 10.9. The number of nitrogens with zero attached hydrogens (tertiary/aromatic N) is 2. The molecular formula is C29H41N3O4. The molecular weight excluding hydrogens is 454 g/mol. The highest BCUT2D eigenvalue weighted by Gasteiger charge is 2.27. The fourth-order valence-electron chi connectivity index (χ4n) is 4.54. The summed E-state index contributed by atoms with van der Waals surface area (Å²) in [6.45, 7) is 14.9. The molecule has 2 aromatic carbocycles. The van der Waals surface area contributed by atoms with Crippen LogP contribution in [-0.4, -0.2) is 47.4 Å². The van der Waals surface area contributed by atoms with E-state index in [0.717, 1.165) is 25.2 Å². The molecule has 7 heteroatoms. The Hall–Kier alpha value is -3.06. The van der Waals surface area contributed by atoms with Crippen molar-refractivity contribution >= 4 is 12.1 Å².